The predicted octanol–water partition coefficient (Wildman–Crippen LogP) is 5.85. The number of para-hydroxylation sites is 2. The third-order valence-corrected chi connectivity index (χ3v) is 7.28. The zero-order chi connectivity index (χ0) is 23.8. The summed E-state index contributed by atoms with van der Waals surface area (Å²) in [4.78, 5) is 15.4. The summed E-state index contributed by atoms with van der Waals surface area (Å²) in [6.07, 6.45) is 1.54. The van der Waals surface area contributed by atoms with Crippen molar-refractivity contribution < 1.29 is 14.6 Å². The summed E-state index contributed by atoms with van der Waals surface area (Å²) in [5.74, 6) is 0.268. The van der Waals surface area contributed by atoms with E-state index >= 15 is 0 Å². The van der Waals surface area contributed by atoms with Gasteiger partial charge in [-0.05, 0) is 26.0 Å². The highest BCUT2D eigenvalue weighted by molar-refractivity contribution is 6.36. The summed E-state index contributed by atoms with van der Waals surface area (Å²) < 4.78 is 10.4. The number of aromatic hydroxyl groups is 1. The van der Waals surface area contributed by atoms with E-state index in [1.165, 1.54) is 0 Å². The Labute approximate surface area is 200 Å². The summed E-state index contributed by atoms with van der Waals surface area (Å²) in [7, 11) is 0. The molecule has 0 saturated carbocycles. The van der Waals surface area contributed by atoms with Gasteiger partial charge in [-0.25, -0.2) is 4.79 Å². The van der Waals surface area contributed by atoms with Crippen LogP contribution in [0, 0.1) is 5.92 Å². The van der Waals surface area contributed by atoms with Gasteiger partial charge in [-0.2, -0.15) is 0 Å². The van der Waals surface area contributed by atoms with E-state index in [4.69, 9.17) is 4.74 Å². The van der Waals surface area contributed by atoms with E-state index in [0.717, 1.165) is 60.9 Å². The average molecular weight is 467 g/mol. The second-order valence-electron chi connectivity index (χ2n) is 9.89. The molecule has 7 nitrogen and oxygen atoms in total. The Morgan fingerprint density at radius 2 is 1.57 bits per heavy atom. The molecule has 0 fully saturated rings. The van der Waals surface area contributed by atoms with E-state index in [2.05, 4.69) is 61.9 Å². The number of fused-ring (bicyclic) bond motifs is 9. The molecule has 0 saturated heterocycles. The topological polar surface area (TPSA) is 84.2 Å². The second kappa shape index (κ2) is 7.18. The van der Waals surface area contributed by atoms with Crippen molar-refractivity contribution in [1.82, 2.24) is 19.4 Å². The number of hydrogen-bond acceptors (Lipinski definition) is 3. The monoisotopic (exact) mass is 466 g/mol. The molecule has 6 aromatic rings. The fourth-order valence-electron chi connectivity index (χ4n) is 6.02. The van der Waals surface area contributed by atoms with Gasteiger partial charge in [0.25, 0.3) is 0 Å². The van der Waals surface area contributed by atoms with Crippen molar-refractivity contribution in [3.8, 4) is 5.88 Å². The number of nitrogens with zero attached hydrogens (tertiary/aromatic N) is 2. The van der Waals surface area contributed by atoms with Crippen molar-refractivity contribution in [1.29, 1.82) is 0 Å². The molecule has 1 aliphatic heterocycles. The maximum Gasteiger partial charge on any atom is 0.407 e. The third kappa shape index (κ3) is 2.75. The van der Waals surface area contributed by atoms with E-state index in [1.807, 2.05) is 26.1 Å². The fraction of sp³-hybridized carbons (Fsp3) is 0.250. The van der Waals surface area contributed by atoms with Crippen LogP contribution in [0.5, 0.6) is 5.88 Å². The molecule has 0 spiro atoms. The number of aromatic amines is 1. The quantitative estimate of drug-likeness (QED) is 0.306. The van der Waals surface area contributed by atoms with Gasteiger partial charge >= 0.3 is 6.09 Å². The summed E-state index contributed by atoms with van der Waals surface area (Å²) in [6, 6.07) is 16.8. The molecular formula is C28H26N4O3. The Balaban J connectivity index is 1.57. The third-order valence-electron chi connectivity index (χ3n) is 7.28. The number of aromatic nitrogens is 3. The number of ether oxygens (including phenoxy) is 1. The lowest BCUT2D eigenvalue weighted by molar-refractivity contribution is 0.117. The summed E-state index contributed by atoms with van der Waals surface area (Å²) in [5.41, 5.74) is 4.55. The molecule has 3 N–H and O–H groups in total. The Morgan fingerprint density at radius 1 is 0.971 bits per heavy atom. The van der Waals surface area contributed by atoms with Crippen LogP contribution in [0.15, 0.2) is 54.7 Å². The van der Waals surface area contributed by atoms with Crippen LogP contribution in [0.3, 0.4) is 0 Å². The molecule has 1 atom stereocenters. The number of amides is 1. The molecule has 3 aromatic heterocycles. The van der Waals surface area contributed by atoms with E-state index in [9.17, 15) is 9.90 Å². The van der Waals surface area contributed by atoms with Crippen molar-refractivity contribution >= 4 is 60.5 Å². The minimum atomic E-state index is -0.383. The smallest absolute Gasteiger partial charge is 0.407 e. The van der Waals surface area contributed by atoms with Crippen molar-refractivity contribution in [2.24, 2.45) is 5.92 Å². The van der Waals surface area contributed by atoms with Gasteiger partial charge in [0.15, 0.2) is 5.88 Å². The summed E-state index contributed by atoms with van der Waals surface area (Å²) >= 11 is 0. The van der Waals surface area contributed by atoms with Gasteiger partial charge in [-0.3, -0.25) is 0 Å². The van der Waals surface area contributed by atoms with Crippen molar-refractivity contribution in [2.75, 3.05) is 6.61 Å². The van der Waals surface area contributed by atoms with Crippen LogP contribution in [0.2, 0.25) is 0 Å². The fourth-order valence-corrected chi connectivity index (χ4v) is 6.02. The molecule has 1 amide bonds. The van der Waals surface area contributed by atoms with E-state index in [-0.39, 0.29) is 23.9 Å². The van der Waals surface area contributed by atoms with Gasteiger partial charge in [0.2, 0.25) is 0 Å². The van der Waals surface area contributed by atoms with Crippen LogP contribution in [-0.4, -0.2) is 38.0 Å². The van der Waals surface area contributed by atoms with Gasteiger partial charge in [0.05, 0.1) is 23.0 Å². The first-order chi connectivity index (χ1) is 17.0. The van der Waals surface area contributed by atoms with Crippen molar-refractivity contribution in [2.45, 2.75) is 33.0 Å². The Bertz CT molecular complexity index is 1800. The van der Waals surface area contributed by atoms with Crippen LogP contribution in [0.25, 0.3) is 54.4 Å². The first-order valence-electron chi connectivity index (χ1n) is 12.1. The van der Waals surface area contributed by atoms with Crippen LogP contribution >= 0.6 is 0 Å². The van der Waals surface area contributed by atoms with Crippen LogP contribution in [0.1, 0.15) is 13.8 Å². The van der Waals surface area contributed by atoms with E-state index in [1.54, 1.807) is 0 Å². The van der Waals surface area contributed by atoms with E-state index in [0.29, 0.717) is 13.2 Å². The Hall–Kier alpha value is -4.13. The van der Waals surface area contributed by atoms with Gasteiger partial charge in [-0.15, -0.1) is 0 Å². The van der Waals surface area contributed by atoms with Gasteiger partial charge < -0.3 is 29.3 Å². The minimum absolute atomic E-state index is 0.0260. The average Bonchev–Trinajstić information content (AvgIpc) is 3.44. The molecule has 0 aliphatic carbocycles. The van der Waals surface area contributed by atoms with Crippen LogP contribution < -0.4 is 5.32 Å². The summed E-state index contributed by atoms with van der Waals surface area (Å²) in [6.45, 7) is 5.60. The highest BCUT2D eigenvalue weighted by Gasteiger charge is 2.29. The number of H-pyrrole nitrogens is 1. The zero-order valence-corrected chi connectivity index (χ0v) is 19.6. The highest BCUT2D eigenvalue weighted by atomic mass is 16.5. The number of nitrogens with one attached hydrogen (secondary N) is 2. The number of rotatable bonds is 3. The highest BCUT2D eigenvalue weighted by Crippen LogP contribution is 2.48. The van der Waals surface area contributed by atoms with Crippen LogP contribution in [-0.2, 0) is 17.8 Å². The van der Waals surface area contributed by atoms with Crippen molar-refractivity contribution in [3.05, 3.63) is 54.7 Å². The number of carbonyl (C=O) groups excluding carboxylic acids is 1. The maximum absolute atomic E-state index is 12.3. The lowest BCUT2D eigenvalue weighted by Gasteiger charge is -2.19. The molecule has 3 aromatic carbocycles. The molecule has 1 aliphatic rings. The van der Waals surface area contributed by atoms with Gasteiger partial charge in [-0.1, -0.05) is 36.4 Å². The normalized spacial score (nSPS) is 15.8. The lowest BCUT2D eigenvalue weighted by atomic mass is 10.0. The first-order valence-corrected chi connectivity index (χ1v) is 12.1. The maximum atomic E-state index is 12.3. The second-order valence-corrected chi connectivity index (χ2v) is 9.89. The molecular weight excluding hydrogens is 440 g/mol. The predicted molar refractivity (Wildman–Crippen MR) is 139 cm³/mol. The van der Waals surface area contributed by atoms with Gasteiger partial charge in [0.1, 0.15) is 0 Å². The summed E-state index contributed by atoms with van der Waals surface area (Å²) in [5, 5.41) is 20.1. The Kier molecular flexibility index (Phi) is 4.16. The number of carbonyl (C=O) groups is 1. The number of hydrogen-bond donors (Lipinski definition) is 3. The molecule has 1 unspecified atom stereocenters. The number of benzene rings is 3. The molecule has 4 heterocycles. The molecule has 35 heavy (non-hydrogen) atoms. The standard InChI is InChI=1S/C28H26N4O3/c1-15(2)30-28(34)35-14-16-12-31-20-9-5-3-7-17(20)22-19-11-29-27(33)24(19)23-18-8-4-6-10-21(18)32(13-16)26(23)25(22)31/h3-11,15-16,29,33H,12-14H2,1-2H3,(H,30,34). The number of alkyl carbamates (subject to hydrolysis) is 1. The van der Waals surface area contributed by atoms with Gasteiger partial charge in [0, 0.05) is 69.2 Å². The van der Waals surface area contributed by atoms with E-state index < -0.39 is 0 Å². The zero-order valence-electron chi connectivity index (χ0n) is 19.6. The minimum Gasteiger partial charge on any atom is -0.494 e. The lowest BCUT2D eigenvalue weighted by Crippen LogP contribution is -2.33. The first kappa shape index (κ1) is 20.3. The van der Waals surface area contributed by atoms with Crippen molar-refractivity contribution in [3.63, 3.8) is 0 Å². The Morgan fingerprint density at radius 3 is 2.23 bits per heavy atom. The SMILES string of the molecule is CC(C)NC(=O)OCC1Cn2c3ccccc3c3c4c[nH]c(O)c4c4c5ccccc5n(c4c32)C1. The van der Waals surface area contributed by atoms with Crippen LogP contribution in [0.4, 0.5) is 4.79 Å². The molecule has 7 rings (SSSR count). The molecule has 0 radical (unpaired) electrons. The largest absolute Gasteiger partial charge is 0.494 e. The molecule has 176 valence electrons. The molecule has 7 heteroatoms. The molecule has 0 bridgehead atoms.